The first-order chi connectivity index (χ1) is 33.2. The average molecular weight is 855 g/mol. The molecular formula is C64H42N2O. The third kappa shape index (κ3) is 6.67. The van der Waals surface area contributed by atoms with Crippen LogP contribution in [0, 0.1) is 0 Å². The molecule has 67 heavy (non-hydrogen) atoms. The van der Waals surface area contributed by atoms with Crippen LogP contribution < -0.4 is 4.90 Å². The largest absolute Gasteiger partial charge is 0.456 e. The Morgan fingerprint density at radius 2 is 0.746 bits per heavy atom. The highest BCUT2D eigenvalue weighted by Gasteiger charge is 2.17. The summed E-state index contributed by atoms with van der Waals surface area (Å²) in [6, 6.07) is 91.9. The fourth-order valence-electron chi connectivity index (χ4n) is 10.2. The van der Waals surface area contributed by atoms with E-state index in [1.54, 1.807) is 0 Å². The van der Waals surface area contributed by atoms with Crippen LogP contribution in [0.4, 0.5) is 17.1 Å². The van der Waals surface area contributed by atoms with Gasteiger partial charge in [-0.05, 0) is 134 Å². The van der Waals surface area contributed by atoms with E-state index in [-0.39, 0.29) is 0 Å². The normalized spacial score (nSPS) is 11.6. The lowest BCUT2D eigenvalue weighted by atomic mass is 9.91. The van der Waals surface area contributed by atoms with Gasteiger partial charge >= 0.3 is 0 Å². The van der Waals surface area contributed by atoms with E-state index < -0.39 is 0 Å². The van der Waals surface area contributed by atoms with Crippen molar-refractivity contribution in [2.24, 2.45) is 0 Å². The second kappa shape index (κ2) is 16.0. The molecule has 0 N–H and O–H groups in total. The first kappa shape index (κ1) is 38.5. The van der Waals surface area contributed by atoms with Gasteiger partial charge in [0.1, 0.15) is 11.2 Å². The van der Waals surface area contributed by atoms with E-state index in [0.717, 1.165) is 61.4 Å². The Bertz CT molecular complexity index is 3880. The number of rotatable bonds is 8. The van der Waals surface area contributed by atoms with Crippen LogP contribution >= 0.6 is 0 Å². The van der Waals surface area contributed by atoms with Crippen molar-refractivity contribution < 1.29 is 4.42 Å². The van der Waals surface area contributed by atoms with Crippen LogP contribution in [0.3, 0.4) is 0 Å². The average Bonchev–Trinajstić information content (AvgIpc) is 3.95. The Morgan fingerprint density at radius 3 is 1.34 bits per heavy atom. The molecule has 0 bridgehead atoms. The molecule has 13 aromatic rings. The van der Waals surface area contributed by atoms with Crippen molar-refractivity contribution in [3.63, 3.8) is 0 Å². The van der Waals surface area contributed by atoms with Gasteiger partial charge in [-0.1, -0.05) is 176 Å². The van der Waals surface area contributed by atoms with E-state index in [9.17, 15) is 0 Å². The van der Waals surface area contributed by atoms with Gasteiger partial charge in [0.05, 0.1) is 11.0 Å². The molecule has 0 amide bonds. The summed E-state index contributed by atoms with van der Waals surface area (Å²) < 4.78 is 8.64. The molecule has 314 valence electrons. The van der Waals surface area contributed by atoms with Crippen molar-refractivity contribution >= 4 is 71.6 Å². The zero-order valence-corrected chi connectivity index (χ0v) is 36.6. The zero-order valence-electron chi connectivity index (χ0n) is 36.6. The van der Waals surface area contributed by atoms with Crippen molar-refractivity contribution in [3.05, 3.63) is 255 Å². The van der Waals surface area contributed by atoms with Gasteiger partial charge in [-0.25, -0.2) is 0 Å². The van der Waals surface area contributed by atoms with Gasteiger partial charge in [0.2, 0.25) is 0 Å². The first-order valence-corrected chi connectivity index (χ1v) is 22.9. The minimum absolute atomic E-state index is 0.896. The lowest BCUT2D eigenvalue weighted by molar-refractivity contribution is 0.669. The van der Waals surface area contributed by atoms with Crippen molar-refractivity contribution in [2.75, 3.05) is 4.90 Å². The molecule has 0 aliphatic heterocycles. The van der Waals surface area contributed by atoms with Crippen molar-refractivity contribution in [1.82, 2.24) is 4.57 Å². The lowest BCUT2D eigenvalue weighted by Gasteiger charge is -2.26. The number of aromatic nitrogens is 1. The molecule has 2 heterocycles. The van der Waals surface area contributed by atoms with E-state index in [4.69, 9.17) is 4.42 Å². The number of benzene rings is 11. The Hall–Kier alpha value is -8.92. The molecule has 13 rings (SSSR count). The fourth-order valence-corrected chi connectivity index (χ4v) is 10.2. The zero-order chi connectivity index (χ0) is 44.3. The van der Waals surface area contributed by atoms with Gasteiger partial charge in [-0.15, -0.1) is 0 Å². The summed E-state index contributed by atoms with van der Waals surface area (Å²) in [5.74, 6) is 0. The number of nitrogens with zero attached hydrogens (tertiary/aromatic N) is 2. The van der Waals surface area contributed by atoms with Crippen molar-refractivity contribution in [2.45, 2.75) is 0 Å². The number of furan rings is 1. The molecule has 0 radical (unpaired) electrons. The summed E-state index contributed by atoms with van der Waals surface area (Å²) in [6.45, 7) is 0. The molecule has 3 nitrogen and oxygen atoms in total. The van der Waals surface area contributed by atoms with E-state index >= 15 is 0 Å². The monoisotopic (exact) mass is 854 g/mol. The second-order valence-corrected chi connectivity index (χ2v) is 17.3. The Morgan fingerprint density at radius 1 is 0.299 bits per heavy atom. The van der Waals surface area contributed by atoms with E-state index in [2.05, 4.69) is 252 Å². The highest BCUT2D eigenvalue weighted by molar-refractivity contribution is 6.10. The standard InChI is InChI=1S/C64H42N2O/c1-2-12-46(13-3-1)54-19-10-14-48-15-11-20-55(64(48)54)47-30-39-52(40-31-47)65(51-35-28-45(29-36-51)49-32-41-59-58-18-6-9-23-62(58)67-63(59)42-49)50-33-24-43(25-34-50)44-26-37-53(38-27-44)66-60-21-7-4-16-56(60)57-17-5-8-22-61(57)66/h1-42H. The summed E-state index contributed by atoms with van der Waals surface area (Å²) in [7, 11) is 0. The van der Waals surface area contributed by atoms with Crippen LogP contribution in [-0.4, -0.2) is 4.57 Å². The van der Waals surface area contributed by atoms with Gasteiger partial charge < -0.3 is 13.9 Å². The molecule has 2 aromatic heterocycles. The Labute approximate surface area is 388 Å². The molecule has 0 aliphatic rings. The van der Waals surface area contributed by atoms with E-state index in [0.29, 0.717) is 0 Å². The molecule has 0 atom stereocenters. The molecule has 0 saturated heterocycles. The molecule has 0 aliphatic carbocycles. The van der Waals surface area contributed by atoms with Gasteiger partial charge in [-0.2, -0.15) is 0 Å². The molecular weight excluding hydrogens is 813 g/mol. The van der Waals surface area contributed by atoms with Gasteiger partial charge in [0.15, 0.2) is 0 Å². The summed E-state index contributed by atoms with van der Waals surface area (Å²) in [5.41, 5.74) is 18.0. The van der Waals surface area contributed by atoms with Crippen LogP contribution in [0.15, 0.2) is 259 Å². The summed E-state index contributed by atoms with van der Waals surface area (Å²) in [4.78, 5) is 2.35. The molecule has 0 saturated carbocycles. The SMILES string of the molecule is c1ccc(-c2cccc3cccc(-c4ccc(N(c5ccc(-c6ccc(-n7c8ccccc8c8ccccc87)cc6)cc5)c5ccc(-c6ccc7c(c6)oc6ccccc67)cc5)cc4)c23)cc1. The third-order valence-corrected chi connectivity index (χ3v) is 13.4. The Balaban J connectivity index is 0.867. The first-order valence-electron chi connectivity index (χ1n) is 22.9. The van der Waals surface area contributed by atoms with E-state index in [1.807, 2.05) is 12.1 Å². The molecule has 0 unspecified atom stereocenters. The minimum atomic E-state index is 0.896. The fraction of sp³-hybridized carbons (Fsp3) is 0. The minimum Gasteiger partial charge on any atom is -0.456 e. The molecule has 0 fully saturated rings. The van der Waals surface area contributed by atoms with Crippen LogP contribution in [0.5, 0.6) is 0 Å². The van der Waals surface area contributed by atoms with Crippen molar-refractivity contribution in [3.8, 4) is 50.2 Å². The predicted molar refractivity (Wildman–Crippen MR) is 282 cm³/mol. The number of hydrogen-bond acceptors (Lipinski definition) is 2. The maximum Gasteiger partial charge on any atom is 0.136 e. The molecule has 11 aromatic carbocycles. The molecule has 0 spiro atoms. The third-order valence-electron chi connectivity index (χ3n) is 13.4. The van der Waals surface area contributed by atoms with Gasteiger partial charge in [-0.3, -0.25) is 0 Å². The maximum atomic E-state index is 6.27. The smallest absolute Gasteiger partial charge is 0.136 e. The quantitative estimate of drug-likeness (QED) is 0.152. The summed E-state index contributed by atoms with van der Waals surface area (Å²) >= 11 is 0. The number of para-hydroxylation sites is 3. The van der Waals surface area contributed by atoms with Gasteiger partial charge in [0, 0.05) is 44.3 Å². The van der Waals surface area contributed by atoms with Crippen LogP contribution in [-0.2, 0) is 0 Å². The highest BCUT2D eigenvalue weighted by atomic mass is 16.3. The second-order valence-electron chi connectivity index (χ2n) is 17.3. The highest BCUT2D eigenvalue weighted by Crippen LogP contribution is 2.41. The Kier molecular flexibility index (Phi) is 9.17. The summed E-state index contributed by atoms with van der Waals surface area (Å²) in [5, 5.41) is 7.29. The van der Waals surface area contributed by atoms with E-state index in [1.165, 1.54) is 60.4 Å². The number of hydrogen-bond donors (Lipinski definition) is 0. The summed E-state index contributed by atoms with van der Waals surface area (Å²) in [6.07, 6.45) is 0. The number of fused-ring (bicyclic) bond motifs is 7. The van der Waals surface area contributed by atoms with Crippen LogP contribution in [0.2, 0.25) is 0 Å². The lowest BCUT2D eigenvalue weighted by Crippen LogP contribution is -2.09. The molecule has 3 heteroatoms. The van der Waals surface area contributed by atoms with Crippen LogP contribution in [0.25, 0.3) is 105 Å². The van der Waals surface area contributed by atoms with Crippen molar-refractivity contribution in [1.29, 1.82) is 0 Å². The number of anilines is 3. The predicted octanol–water partition coefficient (Wildman–Crippen LogP) is 18.0. The van der Waals surface area contributed by atoms with Gasteiger partial charge in [0.25, 0.3) is 0 Å². The topological polar surface area (TPSA) is 21.3 Å². The van der Waals surface area contributed by atoms with Crippen LogP contribution in [0.1, 0.15) is 0 Å². The maximum absolute atomic E-state index is 6.27.